The number of anilines is 2. The van der Waals surface area contributed by atoms with Crippen molar-refractivity contribution in [1.29, 1.82) is 0 Å². The van der Waals surface area contributed by atoms with Gasteiger partial charge in [-0.3, -0.25) is 19.9 Å². The highest BCUT2D eigenvalue weighted by atomic mass is 16.6. The highest BCUT2D eigenvalue weighted by Crippen LogP contribution is 2.26. The lowest BCUT2D eigenvalue weighted by Gasteiger charge is -2.32. The number of rotatable bonds is 5. The molecule has 0 spiro atoms. The Labute approximate surface area is 179 Å². The van der Waals surface area contributed by atoms with Gasteiger partial charge >= 0.3 is 0 Å². The van der Waals surface area contributed by atoms with E-state index in [1.165, 1.54) is 12.1 Å². The highest BCUT2D eigenvalue weighted by molar-refractivity contribution is 5.93. The second kappa shape index (κ2) is 8.86. The molecule has 1 amide bonds. The number of nitrogens with zero attached hydrogens (tertiary/aromatic N) is 5. The molecule has 2 aromatic heterocycles. The standard InChI is InChI=1S/C22H22N6O3/c1-15-13-18(28(30)31)4-5-19(15)24-22(29)17-3-2-12-27(14-17)21-7-6-20(25-26-21)16-8-10-23-11-9-16/h4-11,13,17H,2-3,12,14H2,1H3,(H,24,29). The van der Waals surface area contributed by atoms with Gasteiger partial charge in [0.25, 0.3) is 5.69 Å². The van der Waals surface area contributed by atoms with Crippen LogP contribution in [-0.4, -0.2) is 39.1 Å². The number of nitro benzene ring substituents is 1. The monoisotopic (exact) mass is 418 g/mol. The van der Waals surface area contributed by atoms with Crippen molar-refractivity contribution < 1.29 is 9.72 Å². The number of aryl methyl sites for hydroxylation is 1. The van der Waals surface area contributed by atoms with Gasteiger partial charge in [0, 0.05) is 48.9 Å². The molecule has 1 N–H and O–H groups in total. The van der Waals surface area contributed by atoms with Gasteiger partial charge in [-0.1, -0.05) is 0 Å². The van der Waals surface area contributed by atoms with E-state index in [0.29, 0.717) is 17.8 Å². The maximum absolute atomic E-state index is 12.8. The van der Waals surface area contributed by atoms with E-state index in [1.807, 2.05) is 24.3 Å². The molecule has 3 aromatic rings. The van der Waals surface area contributed by atoms with Crippen molar-refractivity contribution in [1.82, 2.24) is 15.2 Å². The molecule has 0 bridgehead atoms. The summed E-state index contributed by atoms with van der Waals surface area (Å²) in [5.41, 5.74) is 2.98. The van der Waals surface area contributed by atoms with E-state index in [2.05, 4.69) is 25.4 Å². The van der Waals surface area contributed by atoms with Gasteiger partial charge in [-0.2, -0.15) is 0 Å². The van der Waals surface area contributed by atoms with Crippen LogP contribution in [0.2, 0.25) is 0 Å². The topological polar surface area (TPSA) is 114 Å². The number of carbonyl (C=O) groups excluding carboxylic acids is 1. The number of pyridine rings is 1. The average molecular weight is 418 g/mol. The summed E-state index contributed by atoms with van der Waals surface area (Å²) in [6.07, 6.45) is 5.07. The number of carbonyl (C=O) groups is 1. The fourth-order valence-electron chi connectivity index (χ4n) is 3.71. The number of hydrogen-bond donors (Lipinski definition) is 1. The SMILES string of the molecule is Cc1cc([N+](=O)[O-])ccc1NC(=O)C1CCCN(c2ccc(-c3ccncc3)nn2)C1. The first-order valence-electron chi connectivity index (χ1n) is 10.1. The first-order valence-corrected chi connectivity index (χ1v) is 10.1. The quantitative estimate of drug-likeness (QED) is 0.497. The van der Waals surface area contributed by atoms with Gasteiger partial charge in [0.15, 0.2) is 5.82 Å². The Kier molecular flexibility index (Phi) is 5.83. The number of nitro groups is 1. The number of hydrogen-bond acceptors (Lipinski definition) is 7. The minimum Gasteiger partial charge on any atom is -0.354 e. The summed E-state index contributed by atoms with van der Waals surface area (Å²) in [5.74, 6) is 0.440. The molecule has 3 heterocycles. The van der Waals surface area contributed by atoms with Crippen molar-refractivity contribution in [2.45, 2.75) is 19.8 Å². The molecular formula is C22H22N6O3. The molecular weight excluding hydrogens is 396 g/mol. The highest BCUT2D eigenvalue weighted by Gasteiger charge is 2.27. The van der Waals surface area contributed by atoms with Crippen LogP contribution in [0.4, 0.5) is 17.2 Å². The Morgan fingerprint density at radius 2 is 1.97 bits per heavy atom. The molecule has 1 aliphatic rings. The van der Waals surface area contributed by atoms with Crippen molar-refractivity contribution in [2.75, 3.05) is 23.3 Å². The van der Waals surface area contributed by atoms with Crippen LogP contribution < -0.4 is 10.2 Å². The fraction of sp³-hybridized carbons (Fsp3) is 0.273. The second-order valence-corrected chi connectivity index (χ2v) is 7.54. The van der Waals surface area contributed by atoms with Crippen LogP contribution in [0.5, 0.6) is 0 Å². The van der Waals surface area contributed by atoms with Crippen molar-refractivity contribution >= 4 is 23.1 Å². The first kappa shape index (κ1) is 20.4. The molecule has 9 nitrogen and oxygen atoms in total. The maximum atomic E-state index is 12.8. The van der Waals surface area contributed by atoms with Crippen molar-refractivity contribution in [3.63, 3.8) is 0 Å². The van der Waals surface area contributed by atoms with Gasteiger partial charge in [0.05, 0.1) is 16.5 Å². The minimum absolute atomic E-state index is 0.00753. The molecule has 0 aliphatic carbocycles. The molecule has 9 heteroatoms. The van der Waals surface area contributed by atoms with Crippen molar-refractivity contribution in [2.24, 2.45) is 5.92 Å². The lowest BCUT2D eigenvalue weighted by molar-refractivity contribution is -0.384. The van der Waals surface area contributed by atoms with Gasteiger partial charge < -0.3 is 10.2 Å². The van der Waals surface area contributed by atoms with Gasteiger partial charge in [-0.25, -0.2) is 0 Å². The maximum Gasteiger partial charge on any atom is 0.269 e. The predicted octanol–water partition coefficient (Wildman–Crippen LogP) is 3.61. The minimum atomic E-state index is -0.446. The predicted molar refractivity (Wildman–Crippen MR) is 117 cm³/mol. The summed E-state index contributed by atoms with van der Waals surface area (Å²) in [4.78, 5) is 29.4. The lowest BCUT2D eigenvalue weighted by atomic mass is 9.96. The van der Waals surface area contributed by atoms with E-state index >= 15 is 0 Å². The van der Waals surface area contributed by atoms with E-state index in [0.717, 1.165) is 36.5 Å². The largest absolute Gasteiger partial charge is 0.354 e. The number of benzene rings is 1. The van der Waals surface area contributed by atoms with E-state index < -0.39 is 4.92 Å². The number of non-ortho nitro benzene ring substituents is 1. The number of nitrogens with one attached hydrogen (secondary N) is 1. The molecule has 1 aliphatic heterocycles. The number of amides is 1. The third kappa shape index (κ3) is 4.66. The smallest absolute Gasteiger partial charge is 0.269 e. The average Bonchev–Trinajstić information content (AvgIpc) is 2.81. The van der Waals surface area contributed by atoms with Crippen LogP contribution in [0, 0.1) is 23.0 Å². The van der Waals surface area contributed by atoms with Crippen molar-refractivity contribution in [3.05, 3.63) is 70.5 Å². The summed E-state index contributed by atoms with van der Waals surface area (Å²) in [6, 6.07) is 12.0. The van der Waals surface area contributed by atoms with E-state index in [4.69, 9.17) is 0 Å². The van der Waals surface area contributed by atoms with Crippen molar-refractivity contribution in [3.8, 4) is 11.3 Å². The summed E-state index contributed by atoms with van der Waals surface area (Å²) in [6.45, 7) is 3.10. The molecule has 0 radical (unpaired) electrons. The second-order valence-electron chi connectivity index (χ2n) is 7.54. The Bertz CT molecular complexity index is 1090. The molecule has 1 fully saturated rings. The third-order valence-electron chi connectivity index (χ3n) is 5.42. The van der Waals surface area contributed by atoms with E-state index in [-0.39, 0.29) is 17.5 Å². The Hall–Kier alpha value is -3.88. The molecule has 1 unspecified atom stereocenters. The molecule has 158 valence electrons. The van der Waals surface area contributed by atoms with Crippen LogP contribution in [0.15, 0.2) is 54.9 Å². The zero-order valence-electron chi connectivity index (χ0n) is 17.1. The lowest BCUT2D eigenvalue weighted by Crippen LogP contribution is -2.41. The van der Waals surface area contributed by atoms with Gasteiger partial charge in [-0.15, -0.1) is 10.2 Å². The molecule has 0 saturated carbocycles. The van der Waals surface area contributed by atoms with Gasteiger partial charge in [0.2, 0.25) is 5.91 Å². The van der Waals surface area contributed by atoms with Crippen LogP contribution in [-0.2, 0) is 4.79 Å². The van der Waals surface area contributed by atoms with Crippen LogP contribution in [0.1, 0.15) is 18.4 Å². The van der Waals surface area contributed by atoms with Crippen LogP contribution >= 0.6 is 0 Å². The Morgan fingerprint density at radius 1 is 1.16 bits per heavy atom. The van der Waals surface area contributed by atoms with E-state index in [1.54, 1.807) is 25.4 Å². The normalized spacial score (nSPS) is 16.0. The zero-order chi connectivity index (χ0) is 21.8. The first-order chi connectivity index (χ1) is 15.0. The number of aromatic nitrogens is 3. The van der Waals surface area contributed by atoms with Crippen LogP contribution in [0.25, 0.3) is 11.3 Å². The summed E-state index contributed by atoms with van der Waals surface area (Å²) < 4.78 is 0. The fourth-order valence-corrected chi connectivity index (χ4v) is 3.71. The molecule has 1 aromatic carbocycles. The Balaban J connectivity index is 1.42. The molecule has 31 heavy (non-hydrogen) atoms. The van der Waals surface area contributed by atoms with Crippen LogP contribution in [0.3, 0.4) is 0 Å². The number of piperidine rings is 1. The molecule has 4 rings (SSSR count). The summed E-state index contributed by atoms with van der Waals surface area (Å²) in [5, 5.41) is 22.5. The summed E-state index contributed by atoms with van der Waals surface area (Å²) in [7, 11) is 0. The summed E-state index contributed by atoms with van der Waals surface area (Å²) >= 11 is 0. The molecule has 1 saturated heterocycles. The van der Waals surface area contributed by atoms with Gasteiger partial charge in [-0.05, 0) is 55.7 Å². The third-order valence-corrected chi connectivity index (χ3v) is 5.42. The Morgan fingerprint density at radius 3 is 2.65 bits per heavy atom. The van der Waals surface area contributed by atoms with E-state index in [9.17, 15) is 14.9 Å². The molecule has 1 atom stereocenters. The zero-order valence-corrected chi connectivity index (χ0v) is 17.1. The van der Waals surface area contributed by atoms with Gasteiger partial charge in [0.1, 0.15) is 0 Å².